The van der Waals surface area contributed by atoms with Gasteiger partial charge in [0, 0.05) is 139 Å². The summed E-state index contributed by atoms with van der Waals surface area (Å²) in [6.45, 7) is 16.8. The van der Waals surface area contributed by atoms with Gasteiger partial charge in [-0.3, -0.25) is 19.6 Å². The molecule has 2 N–H and O–H groups in total. The number of benzene rings is 10. The standard InChI is InChI=1S/C29H33FN2O3S.C28H31FN2O3S.C27H32N2O3S2.C26H30N2O3S2/c1-21-8-7-9-24(18-21)22-12-14-23(15-13-22)29-26-19-31(16-5-6-17-32(26)27(29)20-35-2)36(33,34)28-11-4-3-10-25(28)30;1-20-7-6-8-23(17-20)21-11-13-22(14-12-21)28-25-18-30(15-4-5-16-31(25)26(28)19-32)35(33,34)27-10-3-2-9-24(27)29;1-20-7-5-8-23(17-20)21-10-12-22(13-11-21)27-24-18-28(34(30,31)26-9-6-16-33-26)14-3-4-15-29(24)25(27)19-32-2;1-19-6-4-7-22(16-19)20-9-11-21(12-10-20)26-23-17-27(33(30,31)25-8-5-15-32-25)13-2-3-14-28(23)24(26)18-29/h3-4,7-15,18,26-27,29H,5-6,16-17,19-20H2,1-2H3;2-3,6-14,17,25-26,28,32H,4-5,15-16,18-19H2,1H3;5-13,16-17,24-25,27H,3-4,14-15,18-19H2,1-2H3;4-12,15-16,23-24,26,29H,2-3,13-14,17-18H2,1H3/t26-,27-,29-;25-,26-,28-;24-,25+,27-;23-,24+,26-/m0000/s1. The van der Waals surface area contributed by atoms with Crippen LogP contribution in [0.2, 0.25) is 0 Å². The Hall–Kier alpha value is -9.22. The quantitative estimate of drug-likeness (QED) is 0.0644. The third-order valence-electron chi connectivity index (χ3n) is 29.3. The van der Waals surface area contributed by atoms with Gasteiger partial charge in [-0.2, -0.15) is 17.2 Å². The third kappa shape index (κ3) is 21.6. The summed E-state index contributed by atoms with van der Waals surface area (Å²) in [6.07, 6.45) is 6.80. The number of fused-ring (bicyclic) bond motifs is 4. The van der Waals surface area contributed by atoms with E-state index in [1.54, 1.807) is 53.2 Å². The Morgan fingerprint density at radius 3 is 0.797 bits per heavy atom. The number of methoxy groups -OCH3 is 2. The molecule has 0 saturated carbocycles. The molecule has 10 aromatic carbocycles. The molecule has 8 aliphatic heterocycles. The van der Waals surface area contributed by atoms with E-state index in [0.717, 1.165) is 93.4 Å². The van der Waals surface area contributed by atoms with E-state index in [9.17, 15) is 52.7 Å². The fraction of sp³-hybridized carbons (Fsp3) is 0.382. The first-order valence-corrected chi connectivity index (χ1v) is 55.8. The van der Waals surface area contributed by atoms with Crippen molar-refractivity contribution >= 4 is 62.8 Å². The largest absolute Gasteiger partial charge is 0.395 e. The molecule has 2 aromatic heterocycles. The van der Waals surface area contributed by atoms with Crippen LogP contribution in [-0.2, 0) is 49.6 Å². The van der Waals surface area contributed by atoms with E-state index in [1.165, 1.54) is 134 Å². The molecule has 8 aliphatic rings. The molecule has 12 atom stereocenters. The average molecular weight is 1980 g/mol. The summed E-state index contributed by atoms with van der Waals surface area (Å²) in [7, 11) is -11.4. The summed E-state index contributed by atoms with van der Waals surface area (Å²) in [5, 5.41) is 24.0. The maximum Gasteiger partial charge on any atom is 0.252 e. The number of aryl methyl sites for hydroxylation is 4. The summed E-state index contributed by atoms with van der Waals surface area (Å²) in [5.74, 6) is -0.940. The van der Waals surface area contributed by atoms with Crippen molar-refractivity contribution in [3.8, 4) is 44.5 Å². The van der Waals surface area contributed by atoms with Crippen LogP contribution in [0.3, 0.4) is 0 Å². The number of nitrogens with zero attached hydrogens (tertiary/aromatic N) is 8. The minimum absolute atomic E-state index is 0.00276. The molecule has 0 amide bonds. The van der Waals surface area contributed by atoms with Crippen LogP contribution in [0.1, 0.15) is 120 Å². The minimum atomic E-state index is -3.96. The second kappa shape index (κ2) is 44.5. The summed E-state index contributed by atoms with van der Waals surface area (Å²) in [6, 6.07) is 87.0. The number of sulfonamides is 4. The van der Waals surface area contributed by atoms with Crippen LogP contribution in [0.15, 0.2) is 296 Å². The Bertz CT molecular complexity index is 6590. The van der Waals surface area contributed by atoms with Crippen molar-refractivity contribution in [2.24, 2.45) is 0 Å². The second-order valence-electron chi connectivity index (χ2n) is 37.8. The average Bonchev–Trinajstić information content (AvgIpc) is 0.882. The number of halogens is 2. The Labute approximate surface area is 822 Å². The maximum atomic E-state index is 14.5. The highest BCUT2D eigenvalue weighted by Gasteiger charge is 2.55. The van der Waals surface area contributed by atoms with E-state index in [4.69, 9.17) is 9.47 Å². The van der Waals surface area contributed by atoms with Crippen molar-refractivity contribution in [1.29, 1.82) is 0 Å². The van der Waals surface area contributed by atoms with E-state index >= 15 is 0 Å². The molecular weight excluding hydrogens is 1860 g/mol. The molecular formula is C110H126F2N8O12S6. The molecule has 728 valence electrons. The molecule has 20 nitrogen and oxygen atoms in total. The SMILES string of the molecule is COC[C@@H]1[C@@H](c2ccc(-c3cccc(C)c3)cc2)[C@@H]2CN(S(=O)(=O)c3cccs3)CCCCN12.COC[C@H]1[C@@H](c2ccc(-c3cccc(C)c3)cc2)[C@@H]2CN(S(=O)(=O)c3ccccc3F)CCCCN12.Cc1cccc(-c2ccc([C@@H]3[C@@H](CO)N4CCCCN(S(=O)(=O)c5cccs5)C[C@@H]34)cc2)c1.Cc1cccc(-c2ccc([C@@H]3[C@H](CO)N4CCCCN(S(=O)(=O)c5ccccc5F)C[C@@H]34)cc2)c1. The first kappa shape index (κ1) is 100. The zero-order valence-electron chi connectivity index (χ0n) is 79.2. The molecule has 0 spiro atoms. The number of hydrogen-bond donors (Lipinski definition) is 2. The van der Waals surface area contributed by atoms with E-state index in [-0.39, 0.29) is 102 Å². The topological polar surface area (TPSA) is 221 Å². The number of rotatable bonds is 22. The summed E-state index contributed by atoms with van der Waals surface area (Å²) in [4.78, 5) is 8.87. The van der Waals surface area contributed by atoms with Crippen molar-refractivity contribution in [2.75, 3.05) is 119 Å². The Kier molecular flexibility index (Phi) is 32.4. The Morgan fingerprint density at radius 1 is 0.297 bits per heavy atom. The molecule has 0 aliphatic carbocycles. The van der Waals surface area contributed by atoms with Crippen LogP contribution in [-0.4, -0.2) is 248 Å². The monoisotopic (exact) mass is 1980 g/mol. The normalized spacial score (nSPS) is 23.9. The molecule has 0 radical (unpaired) electrons. The fourth-order valence-corrected chi connectivity index (χ4v) is 30.8. The fourth-order valence-electron chi connectivity index (χ4n) is 22.4. The third-order valence-corrected chi connectivity index (χ3v) is 39.6. The van der Waals surface area contributed by atoms with Gasteiger partial charge in [-0.15, -0.1) is 22.7 Å². The van der Waals surface area contributed by atoms with E-state index < -0.39 is 51.7 Å². The van der Waals surface area contributed by atoms with Crippen LogP contribution in [0.5, 0.6) is 0 Å². The number of hydrogen-bond acceptors (Lipinski definition) is 18. The zero-order valence-corrected chi connectivity index (χ0v) is 84.1. The van der Waals surface area contributed by atoms with Crippen LogP contribution in [0, 0.1) is 39.3 Å². The maximum absolute atomic E-state index is 14.5. The molecule has 10 heterocycles. The number of aliphatic hydroxyl groups excluding tert-OH is 2. The summed E-state index contributed by atoms with van der Waals surface area (Å²) in [5.41, 5.74) is 19.0. The van der Waals surface area contributed by atoms with Gasteiger partial charge in [0.15, 0.2) is 0 Å². The smallest absolute Gasteiger partial charge is 0.252 e. The van der Waals surface area contributed by atoms with Crippen molar-refractivity contribution in [2.45, 2.75) is 169 Å². The van der Waals surface area contributed by atoms with E-state index in [2.05, 4.69) is 235 Å². The highest BCUT2D eigenvalue weighted by Crippen LogP contribution is 2.49. The van der Waals surface area contributed by atoms with Gasteiger partial charge in [0.05, 0.1) is 26.4 Å². The van der Waals surface area contributed by atoms with Crippen molar-refractivity contribution in [3.05, 3.63) is 334 Å². The van der Waals surface area contributed by atoms with Crippen molar-refractivity contribution in [3.63, 3.8) is 0 Å². The number of thiophene rings is 2. The second-order valence-corrected chi connectivity index (χ2v) is 47.9. The predicted octanol–water partition coefficient (Wildman–Crippen LogP) is 18.8. The van der Waals surface area contributed by atoms with Gasteiger partial charge in [-0.05, 0) is 219 Å². The molecule has 12 aromatic rings. The lowest BCUT2D eigenvalue weighted by Crippen LogP contribution is -2.68. The lowest BCUT2D eigenvalue weighted by Gasteiger charge is -2.57. The summed E-state index contributed by atoms with van der Waals surface area (Å²) >= 11 is 2.57. The molecule has 20 rings (SSSR count). The van der Waals surface area contributed by atoms with Gasteiger partial charge in [0.25, 0.3) is 20.0 Å². The lowest BCUT2D eigenvalue weighted by molar-refractivity contribution is -0.0635. The minimum Gasteiger partial charge on any atom is -0.395 e. The predicted molar refractivity (Wildman–Crippen MR) is 546 cm³/mol. The van der Waals surface area contributed by atoms with Gasteiger partial charge in [-0.25, -0.2) is 42.5 Å². The number of ether oxygens (including phenoxy) is 2. The highest BCUT2D eigenvalue weighted by atomic mass is 32.3. The van der Waals surface area contributed by atoms with Crippen LogP contribution < -0.4 is 0 Å². The van der Waals surface area contributed by atoms with Crippen LogP contribution >= 0.6 is 22.7 Å². The highest BCUT2D eigenvalue weighted by molar-refractivity contribution is 7.91. The summed E-state index contributed by atoms with van der Waals surface area (Å²) < 4.78 is 154. The lowest BCUT2D eigenvalue weighted by atomic mass is 9.74. The molecule has 8 saturated heterocycles. The van der Waals surface area contributed by atoms with Gasteiger partial charge < -0.3 is 19.7 Å². The first-order chi connectivity index (χ1) is 66.8. The molecule has 138 heavy (non-hydrogen) atoms. The van der Waals surface area contributed by atoms with Gasteiger partial charge in [-0.1, -0.05) is 253 Å². The molecule has 28 heteroatoms. The first-order valence-electron chi connectivity index (χ1n) is 48.2. The molecule has 8 fully saturated rings. The zero-order chi connectivity index (χ0) is 96.6. The molecule has 0 unspecified atom stereocenters. The van der Waals surface area contributed by atoms with Crippen LogP contribution in [0.4, 0.5) is 8.78 Å². The van der Waals surface area contributed by atoms with Crippen molar-refractivity contribution < 1.29 is 62.1 Å². The molecule has 0 bridgehead atoms. The van der Waals surface area contributed by atoms with Crippen molar-refractivity contribution in [1.82, 2.24) is 36.8 Å². The van der Waals surface area contributed by atoms with Gasteiger partial charge in [0.1, 0.15) is 29.8 Å². The number of aliphatic hydroxyl groups is 2. The van der Waals surface area contributed by atoms with E-state index in [0.29, 0.717) is 73.9 Å². The Balaban J connectivity index is 0.000000127. The van der Waals surface area contributed by atoms with Crippen LogP contribution in [0.25, 0.3) is 44.5 Å². The van der Waals surface area contributed by atoms with Gasteiger partial charge >= 0.3 is 0 Å². The Morgan fingerprint density at radius 2 is 0.551 bits per heavy atom. The van der Waals surface area contributed by atoms with Gasteiger partial charge in [0.2, 0.25) is 20.0 Å². The van der Waals surface area contributed by atoms with E-state index in [1.807, 2.05) is 22.9 Å².